The number of carbonyl (C=O) groups is 1. The summed E-state index contributed by atoms with van der Waals surface area (Å²) in [6, 6.07) is 7.64. The van der Waals surface area contributed by atoms with Crippen molar-refractivity contribution in [2.45, 2.75) is 25.2 Å². The first-order valence-corrected chi connectivity index (χ1v) is 9.28. The van der Waals surface area contributed by atoms with Crippen LogP contribution >= 0.6 is 15.9 Å². The number of aromatic nitrogens is 2. The molecule has 0 saturated carbocycles. The SMILES string of the molecule is Cn1c2c(c(=O)n(C)c1=O)[C@@H](c1cccc(Br)c1)C1=C(CCCC1=O)N2. The molecular weight excluding hydrogens is 398 g/mol. The Hall–Kier alpha value is -2.41. The fraction of sp³-hybridized carbons (Fsp3) is 0.316. The number of allylic oxidation sites excluding steroid dienone is 2. The van der Waals surface area contributed by atoms with Gasteiger partial charge in [0.2, 0.25) is 0 Å². The number of hydrogen-bond acceptors (Lipinski definition) is 4. The van der Waals surface area contributed by atoms with E-state index in [1.54, 1.807) is 7.05 Å². The Kier molecular flexibility index (Phi) is 3.99. The molecule has 1 aromatic carbocycles. The maximum Gasteiger partial charge on any atom is 0.332 e. The number of Topliss-reactive ketones (excluding diaryl/α,β-unsaturated/α-hetero) is 1. The summed E-state index contributed by atoms with van der Waals surface area (Å²) in [5.74, 6) is 0.0684. The van der Waals surface area contributed by atoms with Crippen molar-refractivity contribution < 1.29 is 4.79 Å². The van der Waals surface area contributed by atoms with E-state index >= 15 is 0 Å². The lowest BCUT2D eigenvalue weighted by molar-refractivity contribution is -0.116. The summed E-state index contributed by atoms with van der Waals surface area (Å²) >= 11 is 3.48. The van der Waals surface area contributed by atoms with Crippen molar-refractivity contribution in [1.29, 1.82) is 0 Å². The number of carbonyl (C=O) groups excluding carboxylic acids is 1. The molecule has 1 N–H and O–H groups in total. The molecule has 134 valence electrons. The average molecular weight is 416 g/mol. The van der Waals surface area contributed by atoms with E-state index in [-0.39, 0.29) is 17.0 Å². The van der Waals surface area contributed by atoms with Crippen molar-refractivity contribution >= 4 is 27.5 Å². The first-order chi connectivity index (χ1) is 12.4. The lowest BCUT2D eigenvalue weighted by Gasteiger charge is -2.34. The highest BCUT2D eigenvalue weighted by Crippen LogP contribution is 2.43. The van der Waals surface area contributed by atoms with Crippen molar-refractivity contribution in [3.63, 3.8) is 0 Å². The normalized spacial score (nSPS) is 19.0. The van der Waals surface area contributed by atoms with Crippen LogP contribution in [0.5, 0.6) is 0 Å². The van der Waals surface area contributed by atoms with Crippen LogP contribution in [-0.2, 0) is 18.9 Å². The molecule has 0 fully saturated rings. The maximum absolute atomic E-state index is 13.0. The van der Waals surface area contributed by atoms with Gasteiger partial charge in [-0.2, -0.15) is 0 Å². The van der Waals surface area contributed by atoms with Crippen LogP contribution in [0.4, 0.5) is 5.82 Å². The molecule has 0 saturated heterocycles. The summed E-state index contributed by atoms with van der Waals surface area (Å²) in [4.78, 5) is 38.1. The molecule has 0 bridgehead atoms. The van der Waals surface area contributed by atoms with Gasteiger partial charge in [0.05, 0.1) is 5.56 Å². The van der Waals surface area contributed by atoms with Gasteiger partial charge >= 0.3 is 5.69 Å². The second-order valence-electron chi connectivity index (χ2n) is 6.75. The highest BCUT2D eigenvalue weighted by Gasteiger charge is 2.38. The summed E-state index contributed by atoms with van der Waals surface area (Å²) in [7, 11) is 3.11. The maximum atomic E-state index is 13.0. The molecule has 6 nitrogen and oxygen atoms in total. The molecule has 1 aliphatic heterocycles. The van der Waals surface area contributed by atoms with Crippen LogP contribution in [0.2, 0.25) is 0 Å². The average Bonchev–Trinajstić information content (AvgIpc) is 2.63. The van der Waals surface area contributed by atoms with Crippen LogP contribution in [0.3, 0.4) is 0 Å². The molecule has 0 amide bonds. The second-order valence-corrected chi connectivity index (χ2v) is 7.67. The van der Waals surface area contributed by atoms with Gasteiger partial charge in [0.25, 0.3) is 5.56 Å². The summed E-state index contributed by atoms with van der Waals surface area (Å²) < 4.78 is 3.43. The number of benzene rings is 1. The molecule has 26 heavy (non-hydrogen) atoms. The smallest absolute Gasteiger partial charge is 0.332 e. The van der Waals surface area contributed by atoms with E-state index < -0.39 is 5.92 Å². The third-order valence-corrected chi connectivity index (χ3v) is 5.68. The molecule has 0 spiro atoms. The third-order valence-electron chi connectivity index (χ3n) is 5.18. The van der Waals surface area contributed by atoms with Crippen LogP contribution < -0.4 is 16.6 Å². The van der Waals surface area contributed by atoms with Crippen LogP contribution in [-0.4, -0.2) is 14.9 Å². The molecule has 2 aliphatic rings. The molecule has 2 aromatic rings. The van der Waals surface area contributed by atoms with Gasteiger partial charge in [0.1, 0.15) is 5.82 Å². The Morgan fingerprint density at radius 3 is 2.62 bits per heavy atom. The van der Waals surface area contributed by atoms with Gasteiger partial charge < -0.3 is 5.32 Å². The topological polar surface area (TPSA) is 73.1 Å². The number of nitrogens with one attached hydrogen (secondary N) is 1. The predicted molar refractivity (Wildman–Crippen MR) is 102 cm³/mol. The third kappa shape index (κ3) is 2.41. The van der Waals surface area contributed by atoms with E-state index in [4.69, 9.17) is 0 Å². The summed E-state index contributed by atoms with van der Waals surface area (Å²) in [6.07, 6.45) is 1.98. The van der Waals surface area contributed by atoms with Crippen molar-refractivity contribution in [1.82, 2.24) is 9.13 Å². The molecule has 1 atom stereocenters. The molecular formula is C19H18BrN3O3. The molecule has 4 rings (SSSR count). The lowest BCUT2D eigenvalue weighted by Crippen LogP contribution is -2.44. The number of anilines is 1. The molecule has 0 radical (unpaired) electrons. The number of halogens is 1. The van der Waals surface area contributed by atoms with Gasteiger partial charge in [0.15, 0.2) is 5.78 Å². The van der Waals surface area contributed by atoms with E-state index in [2.05, 4.69) is 21.2 Å². The second kappa shape index (κ2) is 6.09. The zero-order chi connectivity index (χ0) is 18.6. The number of rotatable bonds is 1. The standard InChI is InChI=1S/C19H18BrN3O3/c1-22-17-16(18(25)23(2)19(22)26)14(10-5-3-6-11(20)9-10)15-12(21-17)7-4-8-13(15)24/h3,5-6,9,14,21H,4,7-8H2,1-2H3/t14-/m0/s1. The number of hydrogen-bond donors (Lipinski definition) is 1. The van der Waals surface area contributed by atoms with Gasteiger partial charge in [-0.05, 0) is 30.5 Å². The molecule has 2 heterocycles. The Balaban J connectivity index is 2.10. The number of nitrogens with zero attached hydrogens (tertiary/aromatic N) is 2. The van der Waals surface area contributed by atoms with Gasteiger partial charge in [-0.3, -0.25) is 18.7 Å². The Morgan fingerprint density at radius 1 is 1.12 bits per heavy atom. The van der Waals surface area contributed by atoms with Crippen molar-refractivity contribution in [2.24, 2.45) is 14.1 Å². The zero-order valence-corrected chi connectivity index (χ0v) is 16.1. The van der Waals surface area contributed by atoms with E-state index in [9.17, 15) is 14.4 Å². The van der Waals surface area contributed by atoms with Crippen molar-refractivity contribution in [3.8, 4) is 0 Å². The summed E-state index contributed by atoms with van der Waals surface area (Å²) in [5, 5.41) is 3.22. The van der Waals surface area contributed by atoms with Gasteiger partial charge in [-0.1, -0.05) is 28.1 Å². The molecule has 1 aliphatic carbocycles. The number of ketones is 1. The Morgan fingerprint density at radius 2 is 1.88 bits per heavy atom. The Labute approximate surface area is 158 Å². The van der Waals surface area contributed by atoms with E-state index in [0.717, 1.165) is 33.1 Å². The first kappa shape index (κ1) is 17.0. The highest BCUT2D eigenvalue weighted by molar-refractivity contribution is 9.10. The largest absolute Gasteiger partial charge is 0.344 e. The fourth-order valence-electron chi connectivity index (χ4n) is 3.92. The molecule has 7 heteroatoms. The van der Waals surface area contributed by atoms with E-state index in [1.165, 1.54) is 11.6 Å². The lowest BCUT2D eigenvalue weighted by atomic mass is 9.76. The number of fused-ring (bicyclic) bond motifs is 1. The van der Waals surface area contributed by atoms with Crippen LogP contribution in [0.1, 0.15) is 36.3 Å². The quantitative estimate of drug-likeness (QED) is 0.775. The van der Waals surface area contributed by atoms with Crippen molar-refractivity contribution in [2.75, 3.05) is 5.32 Å². The minimum absolute atomic E-state index is 0.0604. The predicted octanol–water partition coefficient (Wildman–Crippen LogP) is 2.41. The van der Waals surface area contributed by atoms with E-state index in [0.29, 0.717) is 23.4 Å². The van der Waals surface area contributed by atoms with Gasteiger partial charge in [-0.25, -0.2) is 4.79 Å². The molecule has 0 unspecified atom stereocenters. The minimum atomic E-state index is -0.475. The summed E-state index contributed by atoms with van der Waals surface area (Å²) in [5.41, 5.74) is 2.02. The van der Waals surface area contributed by atoms with Gasteiger partial charge in [-0.15, -0.1) is 0 Å². The monoisotopic (exact) mass is 415 g/mol. The van der Waals surface area contributed by atoms with Crippen LogP contribution in [0.25, 0.3) is 0 Å². The van der Waals surface area contributed by atoms with Crippen LogP contribution in [0, 0.1) is 0 Å². The first-order valence-electron chi connectivity index (χ1n) is 8.48. The van der Waals surface area contributed by atoms with Gasteiger partial charge in [0, 0.05) is 42.2 Å². The van der Waals surface area contributed by atoms with E-state index in [1.807, 2.05) is 24.3 Å². The van der Waals surface area contributed by atoms with Crippen LogP contribution in [0.15, 0.2) is 49.6 Å². The summed E-state index contributed by atoms with van der Waals surface area (Å²) in [6.45, 7) is 0. The van der Waals surface area contributed by atoms with Crippen molar-refractivity contribution in [3.05, 3.63) is 72.0 Å². The highest BCUT2D eigenvalue weighted by atomic mass is 79.9. The minimum Gasteiger partial charge on any atom is -0.344 e. The zero-order valence-electron chi connectivity index (χ0n) is 14.5. The Bertz CT molecular complexity index is 1090. The molecule has 1 aromatic heterocycles. The fourth-order valence-corrected chi connectivity index (χ4v) is 4.33.